The molecule has 102 valence electrons. The summed E-state index contributed by atoms with van der Waals surface area (Å²) in [5.41, 5.74) is 0.710. The Morgan fingerprint density at radius 2 is 1.65 bits per heavy atom. The van der Waals surface area contributed by atoms with Gasteiger partial charge in [-0.1, -0.05) is 18.2 Å². The van der Waals surface area contributed by atoms with E-state index in [4.69, 9.17) is 14.9 Å². The van der Waals surface area contributed by atoms with Gasteiger partial charge in [-0.05, 0) is 36.8 Å². The van der Waals surface area contributed by atoms with Gasteiger partial charge in [0.05, 0.1) is 5.56 Å². The Bertz CT molecular complexity index is 676. The van der Waals surface area contributed by atoms with Crippen LogP contribution in [-0.4, -0.2) is 22.2 Å². The van der Waals surface area contributed by atoms with Gasteiger partial charge in [0.2, 0.25) is 0 Å². The van der Waals surface area contributed by atoms with Gasteiger partial charge >= 0.3 is 11.9 Å². The number of carbonyl (C=O) groups is 2. The van der Waals surface area contributed by atoms with Crippen LogP contribution < -0.4 is 4.74 Å². The first-order valence-corrected chi connectivity index (χ1v) is 5.83. The molecule has 5 nitrogen and oxygen atoms in total. The molecule has 2 aromatic carbocycles. The van der Waals surface area contributed by atoms with Gasteiger partial charge in [0.25, 0.3) is 0 Å². The molecular formula is C15H12O5. The van der Waals surface area contributed by atoms with E-state index in [2.05, 4.69) is 0 Å². The van der Waals surface area contributed by atoms with Crippen molar-refractivity contribution in [3.63, 3.8) is 0 Å². The number of carboxylic acid groups (broad SMARTS) is 2. The lowest BCUT2D eigenvalue weighted by atomic mass is 10.1. The highest BCUT2D eigenvalue weighted by Crippen LogP contribution is 2.28. The largest absolute Gasteiger partial charge is 0.478 e. The van der Waals surface area contributed by atoms with Crippen LogP contribution in [0.25, 0.3) is 0 Å². The van der Waals surface area contributed by atoms with E-state index >= 15 is 0 Å². The molecule has 0 fully saturated rings. The monoisotopic (exact) mass is 272 g/mol. The van der Waals surface area contributed by atoms with E-state index in [1.54, 1.807) is 12.1 Å². The molecule has 5 heteroatoms. The van der Waals surface area contributed by atoms with Gasteiger partial charge in [-0.2, -0.15) is 0 Å². The summed E-state index contributed by atoms with van der Waals surface area (Å²) in [7, 11) is 0. The first-order valence-electron chi connectivity index (χ1n) is 5.83. The highest BCUT2D eigenvalue weighted by Gasteiger charge is 2.15. The van der Waals surface area contributed by atoms with Crippen LogP contribution in [0.5, 0.6) is 11.5 Å². The summed E-state index contributed by atoms with van der Waals surface area (Å²) < 4.78 is 5.55. The molecule has 0 amide bonds. The van der Waals surface area contributed by atoms with E-state index in [-0.39, 0.29) is 16.9 Å². The minimum absolute atomic E-state index is 0.00620. The number of aromatic carboxylic acids is 2. The third-order valence-corrected chi connectivity index (χ3v) is 2.77. The number of carboxylic acids is 2. The zero-order chi connectivity index (χ0) is 14.7. The molecule has 2 rings (SSSR count). The number of hydrogen-bond acceptors (Lipinski definition) is 3. The van der Waals surface area contributed by atoms with Crippen LogP contribution >= 0.6 is 0 Å². The van der Waals surface area contributed by atoms with Crippen molar-refractivity contribution in [1.82, 2.24) is 0 Å². The summed E-state index contributed by atoms with van der Waals surface area (Å²) >= 11 is 0. The molecular weight excluding hydrogens is 260 g/mol. The van der Waals surface area contributed by atoms with Crippen molar-refractivity contribution in [2.45, 2.75) is 6.92 Å². The number of aryl methyl sites for hydroxylation is 1. The van der Waals surface area contributed by atoms with Gasteiger partial charge < -0.3 is 14.9 Å². The normalized spacial score (nSPS) is 10.1. The number of hydrogen-bond donors (Lipinski definition) is 2. The molecule has 0 heterocycles. The SMILES string of the molecule is Cc1ccccc1Oc1cc(C(=O)O)ccc1C(=O)O. The lowest BCUT2D eigenvalue weighted by Gasteiger charge is -2.11. The second-order valence-corrected chi connectivity index (χ2v) is 4.19. The van der Waals surface area contributed by atoms with Gasteiger partial charge in [-0.3, -0.25) is 0 Å². The summed E-state index contributed by atoms with van der Waals surface area (Å²) in [6.45, 7) is 1.82. The summed E-state index contributed by atoms with van der Waals surface area (Å²) in [5, 5.41) is 18.1. The maximum atomic E-state index is 11.2. The van der Waals surface area contributed by atoms with Crippen LogP contribution in [0.4, 0.5) is 0 Å². The van der Waals surface area contributed by atoms with Crippen molar-refractivity contribution in [2.24, 2.45) is 0 Å². The topological polar surface area (TPSA) is 83.8 Å². The van der Waals surface area contributed by atoms with E-state index in [1.807, 2.05) is 19.1 Å². The summed E-state index contributed by atoms with van der Waals surface area (Å²) in [6, 6.07) is 10.7. The number of benzene rings is 2. The van der Waals surface area contributed by atoms with Crippen molar-refractivity contribution in [1.29, 1.82) is 0 Å². The Kier molecular flexibility index (Phi) is 3.70. The third-order valence-electron chi connectivity index (χ3n) is 2.77. The highest BCUT2D eigenvalue weighted by atomic mass is 16.5. The average Bonchev–Trinajstić information content (AvgIpc) is 2.41. The Hall–Kier alpha value is -2.82. The Labute approximate surface area is 115 Å². The molecule has 0 radical (unpaired) electrons. The number of ether oxygens (including phenoxy) is 1. The van der Waals surface area contributed by atoms with Crippen LogP contribution in [0.15, 0.2) is 42.5 Å². The van der Waals surface area contributed by atoms with Gasteiger partial charge in [0, 0.05) is 0 Å². The quantitative estimate of drug-likeness (QED) is 0.893. The van der Waals surface area contributed by atoms with E-state index in [9.17, 15) is 9.59 Å². The van der Waals surface area contributed by atoms with Gasteiger partial charge in [-0.25, -0.2) is 9.59 Å². The standard InChI is InChI=1S/C15H12O5/c1-9-4-2-3-5-12(9)20-13-8-10(14(16)17)6-7-11(13)15(18)19/h2-8H,1H3,(H,16,17)(H,18,19). The summed E-state index contributed by atoms with van der Waals surface area (Å²) in [5.74, 6) is -1.83. The van der Waals surface area contributed by atoms with Crippen molar-refractivity contribution in [2.75, 3.05) is 0 Å². The van der Waals surface area contributed by atoms with Gasteiger partial charge in [0.1, 0.15) is 17.1 Å². The molecule has 0 saturated carbocycles. The summed E-state index contributed by atoms with van der Waals surface area (Å²) in [4.78, 5) is 22.1. The molecule has 0 aliphatic carbocycles. The number of rotatable bonds is 4. The Morgan fingerprint density at radius 3 is 2.25 bits per heavy atom. The molecule has 20 heavy (non-hydrogen) atoms. The molecule has 0 unspecified atom stereocenters. The molecule has 0 aliphatic heterocycles. The molecule has 0 bridgehead atoms. The van der Waals surface area contributed by atoms with Crippen molar-refractivity contribution in [3.8, 4) is 11.5 Å². The fourth-order valence-electron chi connectivity index (χ4n) is 1.71. The second-order valence-electron chi connectivity index (χ2n) is 4.19. The van der Waals surface area contributed by atoms with E-state index in [0.29, 0.717) is 5.75 Å². The fraction of sp³-hybridized carbons (Fsp3) is 0.0667. The van der Waals surface area contributed by atoms with Crippen LogP contribution in [0.3, 0.4) is 0 Å². The zero-order valence-electron chi connectivity index (χ0n) is 10.7. The number of para-hydroxylation sites is 1. The van der Waals surface area contributed by atoms with E-state index < -0.39 is 11.9 Å². The van der Waals surface area contributed by atoms with E-state index in [1.165, 1.54) is 18.2 Å². The van der Waals surface area contributed by atoms with E-state index in [0.717, 1.165) is 5.56 Å². The lowest BCUT2D eigenvalue weighted by molar-refractivity contribution is 0.0678. The lowest BCUT2D eigenvalue weighted by Crippen LogP contribution is -2.04. The maximum absolute atomic E-state index is 11.2. The third kappa shape index (κ3) is 2.77. The second kappa shape index (κ2) is 5.44. The van der Waals surface area contributed by atoms with Crippen LogP contribution in [0, 0.1) is 6.92 Å². The van der Waals surface area contributed by atoms with Gasteiger partial charge in [-0.15, -0.1) is 0 Å². The Balaban J connectivity index is 2.48. The molecule has 2 aromatic rings. The molecule has 0 spiro atoms. The molecule has 0 saturated heterocycles. The van der Waals surface area contributed by atoms with Crippen LogP contribution in [-0.2, 0) is 0 Å². The molecule has 0 aromatic heterocycles. The summed E-state index contributed by atoms with van der Waals surface area (Å²) in [6.07, 6.45) is 0. The fourth-order valence-corrected chi connectivity index (χ4v) is 1.71. The highest BCUT2D eigenvalue weighted by molar-refractivity contribution is 5.94. The van der Waals surface area contributed by atoms with Crippen molar-refractivity contribution in [3.05, 3.63) is 59.2 Å². The minimum Gasteiger partial charge on any atom is -0.478 e. The van der Waals surface area contributed by atoms with Gasteiger partial charge in [0.15, 0.2) is 0 Å². The maximum Gasteiger partial charge on any atom is 0.339 e. The first kappa shape index (κ1) is 13.6. The molecule has 2 N–H and O–H groups in total. The predicted molar refractivity (Wildman–Crippen MR) is 71.6 cm³/mol. The smallest absolute Gasteiger partial charge is 0.339 e. The predicted octanol–water partition coefficient (Wildman–Crippen LogP) is 3.18. The van der Waals surface area contributed by atoms with Crippen LogP contribution in [0.1, 0.15) is 26.3 Å². The molecule has 0 aliphatic rings. The first-order chi connectivity index (χ1) is 9.49. The Morgan fingerprint density at radius 1 is 0.950 bits per heavy atom. The average molecular weight is 272 g/mol. The van der Waals surface area contributed by atoms with Crippen molar-refractivity contribution >= 4 is 11.9 Å². The van der Waals surface area contributed by atoms with Crippen LogP contribution in [0.2, 0.25) is 0 Å². The minimum atomic E-state index is -1.18. The van der Waals surface area contributed by atoms with Crippen molar-refractivity contribution < 1.29 is 24.5 Å². The molecule has 0 atom stereocenters. The zero-order valence-corrected chi connectivity index (χ0v) is 10.7.